The summed E-state index contributed by atoms with van der Waals surface area (Å²) in [5.41, 5.74) is 4.06. The molecule has 3 aromatic rings. The highest BCUT2D eigenvalue weighted by Crippen LogP contribution is 2.20. The van der Waals surface area contributed by atoms with Crippen molar-refractivity contribution in [2.45, 2.75) is 27.2 Å². The van der Waals surface area contributed by atoms with E-state index < -0.39 is 0 Å². The van der Waals surface area contributed by atoms with Crippen LogP contribution in [-0.4, -0.2) is 19.9 Å². The SMILES string of the molecule is CCc1ccc2nc(Nc3nccc(C)n3)nc(C)c2c1. The lowest BCUT2D eigenvalue weighted by atomic mass is 10.1. The molecule has 0 unspecified atom stereocenters. The van der Waals surface area contributed by atoms with E-state index in [0.717, 1.165) is 28.7 Å². The second kappa shape index (κ2) is 5.44. The zero-order chi connectivity index (χ0) is 14.8. The molecule has 0 amide bonds. The highest BCUT2D eigenvalue weighted by atomic mass is 15.2. The van der Waals surface area contributed by atoms with Crippen molar-refractivity contribution >= 4 is 22.8 Å². The van der Waals surface area contributed by atoms with E-state index in [1.165, 1.54) is 5.56 Å². The molecule has 106 valence electrons. The molecule has 0 aliphatic heterocycles. The third-order valence-corrected chi connectivity index (χ3v) is 3.38. The highest BCUT2D eigenvalue weighted by Gasteiger charge is 2.07. The van der Waals surface area contributed by atoms with Gasteiger partial charge in [0.05, 0.1) is 11.2 Å². The number of rotatable bonds is 3. The Hall–Kier alpha value is -2.56. The molecule has 0 atom stereocenters. The van der Waals surface area contributed by atoms with Crippen molar-refractivity contribution in [2.24, 2.45) is 0 Å². The minimum absolute atomic E-state index is 0.513. The number of aryl methyl sites for hydroxylation is 3. The van der Waals surface area contributed by atoms with Crippen LogP contribution in [0.5, 0.6) is 0 Å². The number of hydrogen-bond acceptors (Lipinski definition) is 5. The minimum Gasteiger partial charge on any atom is -0.293 e. The molecule has 0 aliphatic rings. The van der Waals surface area contributed by atoms with E-state index >= 15 is 0 Å². The molecular formula is C16H17N5. The average Bonchev–Trinajstić information content (AvgIpc) is 2.47. The van der Waals surface area contributed by atoms with Crippen molar-refractivity contribution < 1.29 is 0 Å². The zero-order valence-electron chi connectivity index (χ0n) is 12.4. The molecule has 2 aromatic heterocycles. The fourth-order valence-corrected chi connectivity index (χ4v) is 2.21. The van der Waals surface area contributed by atoms with Crippen LogP contribution in [0.4, 0.5) is 11.9 Å². The minimum atomic E-state index is 0.513. The lowest BCUT2D eigenvalue weighted by molar-refractivity contribution is 1.07. The van der Waals surface area contributed by atoms with Gasteiger partial charge in [0, 0.05) is 17.3 Å². The van der Waals surface area contributed by atoms with Crippen LogP contribution in [0.1, 0.15) is 23.9 Å². The molecule has 5 nitrogen and oxygen atoms in total. The van der Waals surface area contributed by atoms with Crippen molar-refractivity contribution in [3.05, 3.63) is 47.4 Å². The van der Waals surface area contributed by atoms with E-state index in [1.807, 2.05) is 26.0 Å². The maximum absolute atomic E-state index is 4.53. The normalized spacial score (nSPS) is 10.8. The van der Waals surface area contributed by atoms with E-state index in [0.29, 0.717) is 11.9 Å². The highest BCUT2D eigenvalue weighted by molar-refractivity contribution is 5.82. The molecular weight excluding hydrogens is 262 g/mol. The largest absolute Gasteiger partial charge is 0.293 e. The first-order valence-corrected chi connectivity index (χ1v) is 6.99. The predicted octanol–water partition coefficient (Wildman–Crippen LogP) is 3.34. The number of aromatic nitrogens is 4. The van der Waals surface area contributed by atoms with Crippen molar-refractivity contribution in [1.29, 1.82) is 0 Å². The Labute approximate surface area is 123 Å². The number of benzene rings is 1. The summed E-state index contributed by atoms with van der Waals surface area (Å²) >= 11 is 0. The second-order valence-corrected chi connectivity index (χ2v) is 4.98. The molecule has 0 saturated heterocycles. The third-order valence-electron chi connectivity index (χ3n) is 3.38. The van der Waals surface area contributed by atoms with Gasteiger partial charge >= 0.3 is 0 Å². The molecule has 0 spiro atoms. The molecule has 21 heavy (non-hydrogen) atoms. The van der Waals surface area contributed by atoms with Gasteiger partial charge in [0.15, 0.2) is 0 Å². The summed E-state index contributed by atoms with van der Waals surface area (Å²) < 4.78 is 0. The van der Waals surface area contributed by atoms with E-state index in [-0.39, 0.29) is 0 Å². The number of nitrogens with one attached hydrogen (secondary N) is 1. The van der Waals surface area contributed by atoms with Crippen LogP contribution in [0.25, 0.3) is 10.9 Å². The Kier molecular flexibility index (Phi) is 3.48. The van der Waals surface area contributed by atoms with Gasteiger partial charge in [0.25, 0.3) is 0 Å². The summed E-state index contributed by atoms with van der Waals surface area (Å²) in [6, 6.07) is 8.13. The quantitative estimate of drug-likeness (QED) is 0.796. The maximum Gasteiger partial charge on any atom is 0.230 e. The van der Waals surface area contributed by atoms with Gasteiger partial charge in [-0.25, -0.2) is 19.9 Å². The van der Waals surface area contributed by atoms with Gasteiger partial charge in [-0.2, -0.15) is 0 Å². The smallest absolute Gasteiger partial charge is 0.230 e. The number of hydrogen-bond donors (Lipinski definition) is 1. The number of anilines is 2. The number of nitrogens with zero attached hydrogens (tertiary/aromatic N) is 4. The molecule has 0 bridgehead atoms. The maximum atomic E-state index is 4.53. The van der Waals surface area contributed by atoms with Gasteiger partial charge in [0.1, 0.15) is 0 Å². The second-order valence-electron chi connectivity index (χ2n) is 4.98. The van der Waals surface area contributed by atoms with Crippen LogP contribution in [0.3, 0.4) is 0 Å². The van der Waals surface area contributed by atoms with Gasteiger partial charge in [-0.1, -0.05) is 13.0 Å². The van der Waals surface area contributed by atoms with E-state index in [1.54, 1.807) is 6.20 Å². The Morgan fingerprint density at radius 2 is 1.86 bits per heavy atom. The van der Waals surface area contributed by atoms with Crippen LogP contribution < -0.4 is 5.32 Å². The molecule has 0 saturated carbocycles. The summed E-state index contributed by atoms with van der Waals surface area (Å²) in [6.45, 7) is 6.06. The summed E-state index contributed by atoms with van der Waals surface area (Å²) in [4.78, 5) is 17.5. The fraction of sp³-hybridized carbons (Fsp3) is 0.250. The standard InChI is InChI=1S/C16H17N5/c1-4-12-5-6-14-13(9-12)11(3)19-16(20-14)21-15-17-8-7-10(2)18-15/h5-9H,4H2,1-3H3,(H,17,18,19,20,21). The molecule has 0 fully saturated rings. The Morgan fingerprint density at radius 3 is 2.62 bits per heavy atom. The Balaban J connectivity index is 2.00. The molecule has 0 aliphatic carbocycles. The van der Waals surface area contributed by atoms with Crippen molar-refractivity contribution in [2.75, 3.05) is 5.32 Å². The molecule has 1 N–H and O–H groups in total. The van der Waals surface area contributed by atoms with Gasteiger partial charge in [-0.3, -0.25) is 5.32 Å². The zero-order valence-corrected chi connectivity index (χ0v) is 12.4. The topological polar surface area (TPSA) is 63.6 Å². The van der Waals surface area contributed by atoms with Crippen LogP contribution >= 0.6 is 0 Å². The first kappa shape index (κ1) is 13.4. The van der Waals surface area contributed by atoms with Crippen molar-refractivity contribution in [3.8, 4) is 0 Å². The first-order chi connectivity index (χ1) is 10.2. The lowest BCUT2D eigenvalue weighted by Gasteiger charge is -2.08. The molecule has 0 radical (unpaired) electrons. The van der Waals surface area contributed by atoms with Gasteiger partial charge in [-0.15, -0.1) is 0 Å². The van der Waals surface area contributed by atoms with E-state index in [2.05, 4.69) is 44.3 Å². The summed E-state index contributed by atoms with van der Waals surface area (Å²) in [5, 5.41) is 4.15. The monoisotopic (exact) mass is 279 g/mol. The van der Waals surface area contributed by atoms with Crippen molar-refractivity contribution in [1.82, 2.24) is 19.9 Å². The van der Waals surface area contributed by atoms with Crippen LogP contribution in [0.15, 0.2) is 30.5 Å². The van der Waals surface area contributed by atoms with Crippen LogP contribution in [0.2, 0.25) is 0 Å². The predicted molar refractivity (Wildman–Crippen MR) is 83.7 cm³/mol. The van der Waals surface area contributed by atoms with Crippen LogP contribution in [-0.2, 0) is 6.42 Å². The van der Waals surface area contributed by atoms with Crippen LogP contribution in [0, 0.1) is 13.8 Å². The molecule has 5 heteroatoms. The third kappa shape index (κ3) is 2.81. The molecule has 3 rings (SSSR count). The molecule has 2 heterocycles. The van der Waals surface area contributed by atoms with Gasteiger partial charge in [-0.05, 0) is 44.0 Å². The number of fused-ring (bicyclic) bond motifs is 1. The first-order valence-electron chi connectivity index (χ1n) is 6.99. The Bertz CT molecular complexity index is 798. The van der Waals surface area contributed by atoms with Gasteiger partial charge < -0.3 is 0 Å². The summed E-state index contributed by atoms with van der Waals surface area (Å²) in [6.07, 6.45) is 2.72. The summed E-state index contributed by atoms with van der Waals surface area (Å²) in [5.74, 6) is 1.04. The fourth-order valence-electron chi connectivity index (χ4n) is 2.21. The Morgan fingerprint density at radius 1 is 1.00 bits per heavy atom. The molecule has 1 aromatic carbocycles. The van der Waals surface area contributed by atoms with Crippen molar-refractivity contribution in [3.63, 3.8) is 0 Å². The lowest BCUT2D eigenvalue weighted by Crippen LogP contribution is -2.03. The summed E-state index contributed by atoms with van der Waals surface area (Å²) in [7, 11) is 0. The van der Waals surface area contributed by atoms with Gasteiger partial charge in [0.2, 0.25) is 11.9 Å². The average molecular weight is 279 g/mol. The van der Waals surface area contributed by atoms with E-state index in [4.69, 9.17) is 0 Å². The van der Waals surface area contributed by atoms with E-state index in [9.17, 15) is 0 Å².